The maximum atomic E-state index is 11.4. The quantitative estimate of drug-likeness (QED) is 0.581. The standard InChI is InChI=1S/C12H25N3O2/c1-4-7-10(16)14-8-11(17)15-9-12(13,5-2)6-3/h4-9,13H2,1-3H3,(H,14,16)(H,15,17). The molecule has 0 aromatic rings. The second-order valence-corrected chi connectivity index (χ2v) is 4.37. The Morgan fingerprint density at radius 3 is 2.12 bits per heavy atom. The Bertz CT molecular complexity index is 250. The van der Waals surface area contributed by atoms with Gasteiger partial charge in [-0.25, -0.2) is 0 Å². The second kappa shape index (κ2) is 8.06. The van der Waals surface area contributed by atoms with Gasteiger partial charge in [-0.2, -0.15) is 0 Å². The van der Waals surface area contributed by atoms with E-state index in [1.54, 1.807) is 0 Å². The highest BCUT2D eigenvalue weighted by Gasteiger charge is 2.20. The highest BCUT2D eigenvalue weighted by Crippen LogP contribution is 2.08. The molecule has 0 fully saturated rings. The number of hydrogen-bond donors (Lipinski definition) is 3. The third kappa shape index (κ3) is 6.94. The second-order valence-electron chi connectivity index (χ2n) is 4.37. The van der Waals surface area contributed by atoms with Crippen LogP contribution < -0.4 is 16.4 Å². The molecule has 2 amide bonds. The average Bonchev–Trinajstić information content (AvgIpc) is 2.34. The first-order chi connectivity index (χ1) is 7.97. The Hall–Kier alpha value is -1.10. The van der Waals surface area contributed by atoms with Crippen molar-refractivity contribution in [3.63, 3.8) is 0 Å². The predicted octanol–water partition coefficient (Wildman–Crippen LogP) is 0.536. The third-order valence-electron chi connectivity index (χ3n) is 2.97. The summed E-state index contributed by atoms with van der Waals surface area (Å²) in [5.74, 6) is -0.279. The largest absolute Gasteiger partial charge is 0.353 e. The van der Waals surface area contributed by atoms with E-state index in [9.17, 15) is 9.59 Å². The minimum Gasteiger partial charge on any atom is -0.353 e. The van der Waals surface area contributed by atoms with Gasteiger partial charge in [-0.05, 0) is 19.3 Å². The molecule has 0 aliphatic rings. The van der Waals surface area contributed by atoms with Crippen LogP contribution >= 0.6 is 0 Å². The van der Waals surface area contributed by atoms with Gasteiger partial charge in [0.25, 0.3) is 0 Å². The van der Waals surface area contributed by atoms with Gasteiger partial charge in [0.1, 0.15) is 0 Å². The van der Waals surface area contributed by atoms with Crippen LogP contribution in [0.3, 0.4) is 0 Å². The molecule has 0 rings (SSSR count). The topological polar surface area (TPSA) is 84.2 Å². The summed E-state index contributed by atoms with van der Waals surface area (Å²) in [6.07, 6.45) is 2.86. The lowest BCUT2D eigenvalue weighted by atomic mass is 9.94. The van der Waals surface area contributed by atoms with Crippen LogP contribution in [0.4, 0.5) is 0 Å². The third-order valence-corrected chi connectivity index (χ3v) is 2.97. The van der Waals surface area contributed by atoms with Crippen LogP contribution in [-0.4, -0.2) is 30.4 Å². The molecular weight excluding hydrogens is 218 g/mol. The molecule has 0 aliphatic carbocycles. The summed E-state index contributed by atoms with van der Waals surface area (Å²) >= 11 is 0. The van der Waals surface area contributed by atoms with Gasteiger partial charge in [-0.3, -0.25) is 9.59 Å². The fraction of sp³-hybridized carbons (Fsp3) is 0.833. The van der Waals surface area contributed by atoms with E-state index in [4.69, 9.17) is 5.73 Å². The highest BCUT2D eigenvalue weighted by molar-refractivity contribution is 5.84. The molecule has 0 aromatic heterocycles. The van der Waals surface area contributed by atoms with Crippen molar-refractivity contribution in [3.05, 3.63) is 0 Å². The zero-order chi connectivity index (χ0) is 13.3. The number of nitrogens with two attached hydrogens (primary N) is 1. The van der Waals surface area contributed by atoms with E-state index in [0.717, 1.165) is 19.3 Å². The van der Waals surface area contributed by atoms with Crippen molar-refractivity contribution in [1.82, 2.24) is 10.6 Å². The molecular formula is C12H25N3O2. The van der Waals surface area contributed by atoms with E-state index < -0.39 is 0 Å². The number of carbonyl (C=O) groups is 2. The van der Waals surface area contributed by atoms with Gasteiger partial charge in [0, 0.05) is 18.5 Å². The number of hydrogen-bond acceptors (Lipinski definition) is 3. The van der Waals surface area contributed by atoms with Gasteiger partial charge in [-0.15, -0.1) is 0 Å². The van der Waals surface area contributed by atoms with E-state index in [1.807, 2.05) is 20.8 Å². The van der Waals surface area contributed by atoms with Gasteiger partial charge in [0.05, 0.1) is 6.54 Å². The van der Waals surface area contributed by atoms with Crippen molar-refractivity contribution in [3.8, 4) is 0 Å². The van der Waals surface area contributed by atoms with Crippen LogP contribution in [0.5, 0.6) is 0 Å². The monoisotopic (exact) mass is 243 g/mol. The number of amides is 2. The number of rotatable bonds is 8. The van der Waals surface area contributed by atoms with Crippen LogP contribution in [0.1, 0.15) is 46.5 Å². The maximum absolute atomic E-state index is 11.4. The van der Waals surface area contributed by atoms with Gasteiger partial charge in [-0.1, -0.05) is 20.8 Å². The van der Waals surface area contributed by atoms with E-state index in [1.165, 1.54) is 0 Å². The van der Waals surface area contributed by atoms with Crippen molar-refractivity contribution in [2.75, 3.05) is 13.1 Å². The normalized spacial score (nSPS) is 11.1. The zero-order valence-corrected chi connectivity index (χ0v) is 11.1. The highest BCUT2D eigenvalue weighted by atomic mass is 16.2. The fourth-order valence-corrected chi connectivity index (χ4v) is 1.33. The van der Waals surface area contributed by atoms with Crippen LogP contribution in [0.2, 0.25) is 0 Å². The van der Waals surface area contributed by atoms with Gasteiger partial charge in [0.2, 0.25) is 11.8 Å². The van der Waals surface area contributed by atoms with Crippen molar-refractivity contribution in [2.24, 2.45) is 5.73 Å². The summed E-state index contributed by atoms with van der Waals surface area (Å²) in [5, 5.41) is 5.31. The summed E-state index contributed by atoms with van der Waals surface area (Å²) in [4.78, 5) is 22.6. The average molecular weight is 243 g/mol. The molecule has 0 aromatic carbocycles. The fourth-order valence-electron chi connectivity index (χ4n) is 1.33. The predicted molar refractivity (Wildman–Crippen MR) is 68.4 cm³/mol. The van der Waals surface area contributed by atoms with E-state index in [2.05, 4.69) is 10.6 Å². The molecule has 0 radical (unpaired) electrons. The summed E-state index contributed by atoms with van der Waals surface area (Å²) in [5.41, 5.74) is 5.70. The van der Waals surface area contributed by atoms with Crippen molar-refractivity contribution in [1.29, 1.82) is 0 Å². The summed E-state index contributed by atoms with van der Waals surface area (Å²) < 4.78 is 0. The molecule has 0 bridgehead atoms. The van der Waals surface area contributed by atoms with Crippen molar-refractivity contribution in [2.45, 2.75) is 52.0 Å². The first kappa shape index (κ1) is 15.9. The van der Waals surface area contributed by atoms with E-state index >= 15 is 0 Å². The smallest absolute Gasteiger partial charge is 0.239 e. The summed E-state index contributed by atoms with van der Waals surface area (Å²) in [6.45, 7) is 6.40. The van der Waals surface area contributed by atoms with E-state index in [-0.39, 0.29) is 23.9 Å². The Balaban J connectivity index is 3.84. The molecule has 0 saturated carbocycles. The molecule has 0 saturated heterocycles. The minimum absolute atomic E-state index is 0.0301. The van der Waals surface area contributed by atoms with Crippen LogP contribution in [0, 0.1) is 0 Å². The number of carbonyl (C=O) groups excluding carboxylic acids is 2. The van der Waals surface area contributed by atoms with Gasteiger partial charge >= 0.3 is 0 Å². The molecule has 0 atom stereocenters. The molecule has 4 N–H and O–H groups in total. The number of nitrogens with one attached hydrogen (secondary N) is 2. The molecule has 5 heteroatoms. The first-order valence-electron chi connectivity index (χ1n) is 6.29. The molecule has 5 nitrogen and oxygen atoms in total. The zero-order valence-electron chi connectivity index (χ0n) is 11.1. The molecule has 0 aliphatic heterocycles. The van der Waals surface area contributed by atoms with E-state index in [0.29, 0.717) is 13.0 Å². The van der Waals surface area contributed by atoms with Crippen molar-refractivity contribution >= 4 is 11.8 Å². The SMILES string of the molecule is CCCC(=O)NCC(=O)NCC(N)(CC)CC. The lowest BCUT2D eigenvalue weighted by Crippen LogP contribution is -2.50. The Morgan fingerprint density at radius 1 is 1.06 bits per heavy atom. The molecule has 0 spiro atoms. The summed E-state index contributed by atoms with van der Waals surface area (Å²) in [7, 11) is 0. The Morgan fingerprint density at radius 2 is 1.65 bits per heavy atom. The Kier molecular flexibility index (Phi) is 7.54. The molecule has 0 unspecified atom stereocenters. The Labute approximate surface area is 104 Å². The molecule has 100 valence electrons. The van der Waals surface area contributed by atoms with Crippen molar-refractivity contribution < 1.29 is 9.59 Å². The van der Waals surface area contributed by atoms with Crippen LogP contribution in [0.15, 0.2) is 0 Å². The summed E-state index contributed by atoms with van der Waals surface area (Å²) in [6, 6.07) is 0. The first-order valence-corrected chi connectivity index (χ1v) is 6.29. The van der Waals surface area contributed by atoms with Gasteiger partial charge in [0.15, 0.2) is 0 Å². The molecule has 0 heterocycles. The molecule has 17 heavy (non-hydrogen) atoms. The van der Waals surface area contributed by atoms with Gasteiger partial charge < -0.3 is 16.4 Å². The van der Waals surface area contributed by atoms with Crippen LogP contribution in [0.25, 0.3) is 0 Å². The lowest BCUT2D eigenvalue weighted by Gasteiger charge is -2.26. The lowest BCUT2D eigenvalue weighted by molar-refractivity contribution is -0.126. The maximum Gasteiger partial charge on any atom is 0.239 e. The van der Waals surface area contributed by atoms with Crippen LogP contribution in [-0.2, 0) is 9.59 Å². The minimum atomic E-state index is -0.344.